The number of pyridine rings is 1. The van der Waals surface area contributed by atoms with Crippen LogP contribution in [-0.2, 0) is 11.3 Å². The van der Waals surface area contributed by atoms with Gasteiger partial charge < -0.3 is 29.6 Å². The Labute approximate surface area is 198 Å². The van der Waals surface area contributed by atoms with E-state index in [2.05, 4.69) is 10.3 Å². The quantitative estimate of drug-likeness (QED) is 0.385. The zero-order valence-electron chi connectivity index (χ0n) is 17.6. The van der Waals surface area contributed by atoms with E-state index in [1.807, 2.05) is 34.9 Å². The van der Waals surface area contributed by atoms with Crippen molar-refractivity contribution in [2.24, 2.45) is 0 Å². The maximum Gasteiger partial charge on any atom is 0.322 e. The van der Waals surface area contributed by atoms with Gasteiger partial charge in [-0.2, -0.15) is 0 Å². The van der Waals surface area contributed by atoms with E-state index in [9.17, 15) is 14.7 Å². The summed E-state index contributed by atoms with van der Waals surface area (Å²) in [7, 11) is 0. The van der Waals surface area contributed by atoms with Crippen molar-refractivity contribution in [2.75, 3.05) is 13.3 Å². The molecule has 0 aliphatic carbocycles. The Hall–Kier alpha value is -4.24. The number of aromatic nitrogens is 2. The average molecular weight is 480 g/mol. The van der Waals surface area contributed by atoms with E-state index in [1.54, 1.807) is 18.2 Å². The summed E-state index contributed by atoms with van der Waals surface area (Å²) >= 11 is 6.07. The number of nitrogens with one attached hydrogen (secondary N) is 1. The molecule has 3 heterocycles. The second-order valence-electron chi connectivity index (χ2n) is 7.64. The highest BCUT2D eigenvalue weighted by atomic mass is 35.5. The second kappa shape index (κ2) is 8.60. The molecule has 34 heavy (non-hydrogen) atoms. The molecule has 1 aliphatic rings. The highest BCUT2D eigenvalue weighted by Crippen LogP contribution is 2.37. The summed E-state index contributed by atoms with van der Waals surface area (Å²) in [6.07, 6.45) is 1.48. The maximum atomic E-state index is 12.4. The molecular formula is C24H18ClN3O6. The first kappa shape index (κ1) is 21.6. The molecular weight excluding hydrogens is 462 g/mol. The number of fused-ring (bicyclic) bond motifs is 2. The minimum atomic E-state index is -1.20. The molecule has 10 heteroatoms. The van der Waals surface area contributed by atoms with E-state index in [1.165, 1.54) is 6.20 Å². The van der Waals surface area contributed by atoms with Crippen molar-refractivity contribution >= 4 is 34.4 Å². The highest BCUT2D eigenvalue weighted by Gasteiger charge is 2.22. The SMILES string of the molecule is O=C(O)CNC(=O)c1ncc2c(cc(-c3ccc(Cl)cc3)n2Cc2ccc3c(c2)OCO3)c1O. The fourth-order valence-corrected chi connectivity index (χ4v) is 3.99. The van der Waals surface area contributed by atoms with Crippen LogP contribution in [0.1, 0.15) is 16.1 Å². The first-order chi connectivity index (χ1) is 16.4. The number of carbonyl (C=O) groups excluding carboxylic acids is 1. The molecule has 0 saturated carbocycles. The third kappa shape index (κ3) is 3.97. The Kier molecular flexibility index (Phi) is 5.46. The van der Waals surface area contributed by atoms with Crippen molar-refractivity contribution < 1.29 is 29.3 Å². The van der Waals surface area contributed by atoms with Crippen LogP contribution >= 0.6 is 11.6 Å². The number of rotatable bonds is 6. The lowest BCUT2D eigenvalue weighted by Crippen LogP contribution is -2.29. The molecule has 3 N–H and O–H groups in total. The van der Waals surface area contributed by atoms with E-state index in [4.69, 9.17) is 26.2 Å². The van der Waals surface area contributed by atoms with Gasteiger partial charge in [-0.05, 0) is 41.5 Å². The largest absolute Gasteiger partial charge is 0.505 e. The molecule has 0 spiro atoms. The predicted octanol–water partition coefficient (Wildman–Crippen LogP) is 3.65. The molecule has 2 aromatic carbocycles. The number of carboxylic acid groups (broad SMARTS) is 1. The van der Waals surface area contributed by atoms with Gasteiger partial charge in [0.05, 0.1) is 11.7 Å². The summed E-state index contributed by atoms with van der Waals surface area (Å²) in [5.41, 5.74) is 2.88. The van der Waals surface area contributed by atoms with Crippen molar-refractivity contribution in [1.82, 2.24) is 14.9 Å². The monoisotopic (exact) mass is 479 g/mol. The van der Waals surface area contributed by atoms with Crippen LogP contribution in [0.25, 0.3) is 22.2 Å². The number of aromatic hydroxyl groups is 1. The number of amides is 1. The molecule has 0 atom stereocenters. The van der Waals surface area contributed by atoms with Crippen molar-refractivity contribution in [3.05, 3.63) is 71.0 Å². The van der Waals surface area contributed by atoms with Crippen LogP contribution < -0.4 is 14.8 Å². The van der Waals surface area contributed by atoms with E-state index in [0.29, 0.717) is 34.0 Å². The summed E-state index contributed by atoms with van der Waals surface area (Å²) in [6, 6.07) is 14.7. The van der Waals surface area contributed by atoms with Gasteiger partial charge in [0.2, 0.25) is 6.79 Å². The topological polar surface area (TPSA) is 123 Å². The van der Waals surface area contributed by atoms with Gasteiger partial charge in [0.1, 0.15) is 6.54 Å². The summed E-state index contributed by atoms with van der Waals surface area (Å²) in [4.78, 5) is 27.3. The Morgan fingerprint density at radius 3 is 2.62 bits per heavy atom. The lowest BCUT2D eigenvalue weighted by molar-refractivity contribution is -0.135. The molecule has 0 radical (unpaired) electrons. The standard InChI is InChI=1S/C24H18ClN3O6/c25-15-4-2-14(3-5-15)17-8-16-18(9-26-22(23(16)31)24(32)27-10-21(29)30)28(17)11-13-1-6-19-20(7-13)34-12-33-19/h1-9,31H,10-12H2,(H,27,32)(H,29,30). The summed E-state index contributed by atoms with van der Waals surface area (Å²) < 4.78 is 12.8. The lowest BCUT2D eigenvalue weighted by Gasteiger charge is -2.12. The third-order valence-electron chi connectivity index (χ3n) is 5.47. The van der Waals surface area contributed by atoms with Gasteiger partial charge in [-0.25, -0.2) is 4.98 Å². The fraction of sp³-hybridized carbons (Fsp3) is 0.125. The Morgan fingerprint density at radius 1 is 1.09 bits per heavy atom. The van der Waals surface area contributed by atoms with Crippen LogP contribution in [0.3, 0.4) is 0 Å². The van der Waals surface area contributed by atoms with Crippen LogP contribution in [0.5, 0.6) is 17.2 Å². The number of ether oxygens (including phenoxy) is 2. The van der Waals surface area contributed by atoms with Gasteiger partial charge in [-0.1, -0.05) is 29.8 Å². The van der Waals surface area contributed by atoms with E-state index >= 15 is 0 Å². The predicted molar refractivity (Wildman–Crippen MR) is 123 cm³/mol. The first-order valence-electron chi connectivity index (χ1n) is 10.3. The van der Waals surface area contributed by atoms with Crippen LogP contribution in [0.2, 0.25) is 5.02 Å². The first-order valence-corrected chi connectivity index (χ1v) is 10.6. The van der Waals surface area contributed by atoms with Gasteiger partial charge >= 0.3 is 5.97 Å². The zero-order valence-corrected chi connectivity index (χ0v) is 18.4. The van der Waals surface area contributed by atoms with Crippen LogP contribution in [-0.4, -0.2) is 45.0 Å². The molecule has 0 fully saturated rings. The molecule has 9 nitrogen and oxygen atoms in total. The number of halogens is 1. The molecule has 4 aromatic rings. The normalized spacial score (nSPS) is 12.1. The molecule has 0 bridgehead atoms. The third-order valence-corrected chi connectivity index (χ3v) is 5.72. The molecule has 0 unspecified atom stereocenters. The number of benzene rings is 2. The number of nitrogens with zero attached hydrogens (tertiary/aromatic N) is 2. The number of aliphatic carboxylic acids is 1. The molecule has 172 valence electrons. The van der Waals surface area contributed by atoms with E-state index < -0.39 is 18.4 Å². The molecule has 1 aliphatic heterocycles. The summed E-state index contributed by atoms with van der Waals surface area (Å²) in [5, 5.41) is 22.9. The number of hydrogen-bond donors (Lipinski definition) is 3. The van der Waals surface area contributed by atoms with E-state index in [-0.39, 0.29) is 18.2 Å². The van der Waals surface area contributed by atoms with Gasteiger partial charge in [0.15, 0.2) is 22.9 Å². The smallest absolute Gasteiger partial charge is 0.322 e. The Bertz CT molecular complexity index is 1430. The minimum Gasteiger partial charge on any atom is -0.505 e. The summed E-state index contributed by atoms with van der Waals surface area (Å²) in [6.45, 7) is 0.00862. The van der Waals surface area contributed by atoms with Crippen molar-refractivity contribution in [3.63, 3.8) is 0 Å². The van der Waals surface area contributed by atoms with Gasteiger partial charge in [-0.3, -0.25) is 9.59 Å². The molecule has 2 aromatic heterocycles. The number of carboxylic acids is 1. The summed E-state index contributed by atoms with van der Waals surface area (Å²) in [5.74, 6) is -0.983. The van der Waals surface area contributed by atoms with Crippen molar-refractivity contribution in [1.29, 1.82) is 0 Å². The van der Waals surface area contributed by atoms with Crippen LogP contribution in [0.15, 0.2) is 54.7 Å². The lowest BCUT2D eigenvalue weighted by atomic mass is 10.1. The van der Waals surface area contributed by atoms with Gasteiger partial charge in [-0.15, -0.1) is 0 Å². The van der Waals surface area contributed by atoms with Gasteiger partial charge in [0, 0.05) is 22.6 Å². The van der Waals surface area contributed by atoms with E-state index in [0.717, 1.165) is 16.8 Å². The molecule has 0 saturated heterocycles. The number of hydrogen-bond acceptors (Lipinski definition) is 6. The van der Waals surface area contributed by atoms with Crippen molar-refractivity contribution in [2.45, 2.75) is 6.54 Å². The Morgan fingerprint density at radius 2 is 1.85 bits per heavy atom. The van der Waals surface area contributed by atoms with Gasteiger partial charge in [0.25, 0.3) is 5.91 Å². The second-order valence-corrected chi connectivity index (χ2v) is 8.08. The highest BCUT2D eigenvalue weighted by molar-refractivity contribution is 6.30. The van der Waals surface area contributed by atoms with Crippen LogP contribution in [0, 0.1) is 0 Å². The van der Waals surface area contributed by atoms with Crippen LogP contribution in [0.4, 0.5) is 0 Å². The Balaban J connectivity index is 1.61. The fourth-order valence-electron chi connectivity index (χ4n) is 3.86. The van der Waals surface area contributed by atoms with Crippen molar-refractivity contribution in [3.8, 4) is 28.5 Å². The average Bonchev–Trinajstić information content (AvgIpc) is 3.43. The molecule has 1 amide bonds. The minimum absolute atomic E-state index is 0.172. The molecule has 5 rings (SSSR count). The number of carbonyl (C=O) groups is 2. The maximum absolute atomic E-state index is 12.4. The zero-order chi connectivity index (χ0) is 23.8.